The lowest BCUT2D eigenvalue weighted by Gasteiger charge is -2.37. The molecule has 0 spiro atoms. The monoisotopic (exact) mass is 208 g/mol. The molecule has 0 bridgehead atoms. The summed E-state index contributed by atoms with van der Waals surface area (Å²) in [4.78, 5) is 0. The van der Waals surface area contributed by atoms with Gasteiger partial charge in [0.25, 0.3) is 0 Å². The van der Waals surface area contributed by atoms with Crippen molar-refractivity contribution in [2.24, 2.45) is 29.6 Å². The molecule has 2 saturated carbocycles. The van der Waals surface area contributed by atoms with E-state index in [1.54, 1.807) is 19.3 Å². The van der Waals surface area contributed by atoms with Crippen molar-refractivity contribution in [3.8, 4) is 0 Å². The molecule has 2 fully saturated rings. The van der Waals surface area contributed by atoms with Gasteiger partial charge in [0.05, 0.1) is 0 Å². The zero-order chi connectivity index (χ0) is 10.8. The Balaban J connectivity index is 1.65. The predicted molar refractivity (Wildman–Crippen MR) is 66.8 cm³/mol. The molecule has 0 radical (unpaired) electrons. The molecule has 0 aromatic heterocycles. The first-order valence-electron chi connectivity index (χ1n) is 7.20. The molecule has 5 unspecified atom stereocenters. The minimum Gasteiger partial charge on any atom is -0.0654 e. The van der Waals surface area contributed by atoms with Gasteiger partial charge in [-0.2, -0.15) is 0 Å². The van der Waals surface area contributed by atoms with Crippen molar-refractivity contribution in [1.29, 1.82) is 0 Å². The summed E-state index contributed by atoms with van der Waals surface area (Å²) in [5.41, 5.74) is 0. The van der Waals surface area contributed by atoms with Crippen LogP contribution in [0.2, 0.25) is 0 Å². The number of hydrogen-bond acceptors (Lipinski definition) is 0. The molecule has 0 heteroatoms. The summed E-state index contributed by atoms with van der Waals surface area (Å²) in [7, 11) is 0. The van der Waals surface area contributed by atoms with E-state index < -0.39 is 0 Å². The van der Waals surface area contributed by atoms with E-state index in [-0.39, 0.29) is 0 Å². The summed E-state index contributed by atoms with van der Waals surface area (Å²) >= 11 is 0. The van der Waals surface area contributed by atoms with E-state index in [1.807, 2.05) is 0 Å². The van der Waals surface area contributed by atoms with Crippen molar-refractivity contribution < 1.29 is 0 Å². The summed E-state index contributed by atoms with van der Waals surface area (Å²) in [6, 6.07) is 0. The summed E-state index contributed by atoms with van der Waals surface area (Å²) in [5.74, 6) is 5.42. The van der Waals surface area contributed by atoms with E-state index in [0.29, 0.717) is 0 Å². The molecular formula is C15H28. The maximum Gasteiger partial charge on any atom is -0.0357 e. The molecule has 88 valence electrons. The Morgan fingerprint density at radius 1 is 1.13 bits per heavy atom. The Bertz CT molecular complexity index is 196. The average Bonchev–Trinajstić information content (AvgIpc) is 2.53. The molecule has 0 saturated heterocycles. The van der Waals surface area contributed by atoms with Crippen LogP contribution in [0.15, 0.2) is 0 Å². The van der Waals surface area contributed by atoms with Crippen LogP contribution in [-0.4, -0.2) is 0 Å². The highest BCUT2D eigenvalue weighted by molar-refractivity contribution is 4.94. The average molecular weight is 208 g/mol. The lowest BCUT2D eigenvalue weighted by molar-refractivity contribution is 0.120. The Morgan fingerprint density at radius 3 is 2.53 bits per heavy atom. The standard InChI is InChI=1S/C15H28/c1-4-5-11(2)6-7-13-9-14-8-12(3)15(14)10-13/h11-15H,4-10H2,1-3H3. The smallest absolute Gasteiger partial charge is 0.0357 e. The molecule has 15 heavy (non-hydrogen) atoms. The quantitative estimate of drug-likeness (QED) is 0.604. The number of rotatable bonds is 5. The third kappa shape index (κ3) is 2.57. The first kappa shape index (κ1) is 11.5. The summed E-state index contributed by atoms with van der Waals surface area (Å²) in [6.07, 6.45) is 10.5. The van der Waals surface area contributed by atoms with Crippen molar-refractivity contribution in [2.45, 2.75) is 65.7 Å². The van der Waals surface area contributed by atoms with Crippen LogP contribution in [0.25, 0.3) is 0 Å². The van der Waals surface area contributed by atoms with Crippen LogP contribution in [0.4, 0.5) is 0 Å². The molecule has 0 aromatic carbocycles. The Kier molecular flexibility index (Phi) is 3.74. The van der Waals surface area contributed by atoms with Crippen molar-refractivity contribution in [1.82, 2.24) is 0 Å². The molecule has 0 amide bonds. The van der Waals surface area contributed by atoms with Crippen LogP contribution in [0.1, 0.15) is 65.7 Å². The van der Waals surface area contributed by atoms with Crippen LogP contribution in [-0.2, 0) is 0 Å². The Hall–Kier alpha value is 0. The van der Waals surface area contributed by atoms with Gasteiger partial charge in [-0.3, -0.25) is 0 Å². The largest absolute Gasteiger partial charge is 0.0654 e. The van der Waals surface area contributed by atoms with Crippen molar-refractivity contribution >= 4 is 0 Å². The van der Waals surface area contributed by atoms with E-state index in [0.717, 1.165) is 29.6 Å². The van der Waals surface area contributed by atoms with Gasteiger partial charge in [0.2, 0.25) is 0 Å². The molecular weight excluding hydrogens is 180 g/mol. The molecule has 0 N–H and O–H groups in total. The van der Waals surface area contributed by atoms with Gasteiger partial charge in [0.1, 0.15) is 0 Å². The summed E-state index contributed by atoms with van der Waals surface area (Å²) in [6.45, 7) is 7.22. The highest BCUT2D eigenvalue weighted by Crippen LogP contribution is 2.54. The highest BCUT2D eigenvalue weighted by Gasteiger charge is 2.44. The maximum absolute atomic E-state index is 2.46. The Labute approximate surface area is 95.8 Å². The molecule has 2 rings (SSSR count). The first-order valence-corrected chi connectivity index (χ1v) is 7.20. The van der Waals surface area contributed by atoms with E-state index in [9.17, 15) is 0 Å². The first-order chi connectivity index (χ1) is 7.20. The van der Waals surface area contributed by atoms with E-state index >= 15 is 0 Å². The van der Waals surface area contributed by atoms with E-state index in [4.69, 9.17) is 0 Å². The van der Waals surface area contributed by atoms with Gasteiger partial charge < -0.3 is 0 Å². The van der Waals surface area contributed by atoms with Gasteiger partial charge >= 0.3 is 0 Å². The molecule has 0 heterocycles. The minimum absolute atomic E-state index is 0.977. The van der Waals surface area contributed by atoms with Gasteiger partial charge in [0.15, 0.2) is 0 Å². The van der Waals surface area contributed by atoms with Crippen LogP contribution in [0.3, 0.4) is 0 Å². The van der Waals surface area contributed by atoms with Crippen LogP contribution in [0, 0.1) is 29.6 Å². The summed E-state index contributed by atoms with van der Waals surface area (Å²) in [5, 5.41) is 0. The zero-order valence-electron chi connectivity index (χ0n) is 10.8. The summed E-state index contributed by atoms with van der Waals surface area (Å²) < 4.78 is 0. The van der Waals surface area contributed by atoms with E-state index in [1.165, 1.54) is 25.7 Å². The van der Waals surface area contributed by atoms with Gasteiger partial charge in [-0.15, -0.1) is 0 Å². The van der Waals surface area contributed by atoms with Crippen molar-refractivity contribution in [3.63, 3.8) is 0 Å². The third-order valence-corrected chi connectivity index (χ3v) is 5.10. The fourth-order valence-electron chi connectivity index (χ4n) is 4.09. The SMILES string of the molecule is CCCC(C)CCC1CC2CC(C)C2C1. The minimum atomic E-state index is 0.977. The van der Waals surface area contributed by atoms with Gasteiger partial charge in [0, 0.05) is 0 Å². The lowest BCUT2D eigenvalue weighted by atomic mass is 9.68. The predicted octanol–water partition coefficient (Wildman–Crippen LogP) is 4.89. The fraction of sp³-hybridized carbons (Fsp3) is 1.00. The molecule has 0 aromatic rings. The van der Waals surface area contributed by atoms with Crippen molar-refractivity contribution in [2.75, 3.05) is 0 Å². The second kappa shape index (κ2) is 4.89. The highest BCUT2D eigenvalue weighted by atomic mass is 14.5. The molecule has 5 atom stereocenters. The van der Waals surface area contributed by atoms with Gasteiger partial charge in [-0.05, 0) is 48.9 Å². The topological polar surface area (TPSA) is 0 Å². The lowest BCUT2D eigenvalue weighted by Crippen LogP contribution is -2.29. The maximum atomic E-state index is 2.46. The molecule has 2 aliphatic carbocycles. The molecule has 2 aliphatic rings. The molecule has 0 nitrogen and oxygen atoms in total. The zero-order valence-corrected chi connectivity index (χ0v) is 10.8. The fourth-order valence-corrected chi connectivity index (χ4v) is 4.09. The van der Waals surface area contributed by atoms with Gasteiger partial charge in [-0.1, -0.05) is 46.5 Å². The number of hydrogen-bond donors (Lipinski definition) is 0. The van der Waals surface area contributed by atoms with Gasteiger partial charge in [-0.25, -0.2) is 0 Å². The van der Waals surface area contributed by atoms with Crippen LogP contribution >= 0.6 is 0 Å². The normalized spacial score (nSPS) is 41.0. The van der Waals surface area contributed by atoms with E-state index in [2.05, 4.69) is 20.8 Å². The number of fused-ring (bicyclic) bond motifs is 1. The Morgan fingerprint density at radius 2 is 1.93 bits per heavy atom. The third-order valence-electron chi connectivity index (χ3n) is 5.10. The second-order valence-corrected chi connectivity index (χ2v) is 6.45. The van der Waals surface area contributed by atoms with Crippen LogP contribution in [0.5, 0.6) is 0 Å². The molecule has 0 aliphatic heterocycles. The second-order valence-electron chi connectivity index (χ2n) is 6.45. The van der Waals surface area contributed by atoms with Crippen LogP contribution < -0.4 is 0 Å². The van der Waals surface area contributed by atoms with Crippen molar-refractivity contribution in [3.05, 3.63) is 0 Å².